The molecule has 0 spiro atoms. The van der Waals surface area contributed by atoms with E-state index in [-0.39, 0.29) is 5.91 Å². The minimum absolute atomic E-state index is 0.310. The first-order chi connectivity index (χ1) is 14.3. The number of rotatable bonds is 5. The molecule has 30 heavy (non-hydrogen) atoms. The van der Waals surface area contributed by atoms with E-state index in [0.29, 0.717) is 40.6 Å². The molecule has 2 aromatic rings. The molecule has 0 saturated carbocycles. The fraction of sp³-hybridized carbons (Fsp3) is 0.261. The third kappa shape index (κ3) is 3.47. The van der Waals surface area contributed by atoms with Crippen LogP contribution in [0.25, 0.3) is 5.57 Å². The molecule has 2 heterocycles. The van der Waals surface area contributed by atoms with Gasteiger partial charge in [-0.1, -0.05) is 0 Å². The van der Waals surface area contributed by atoms with Gasteiger partial charge >= 0.3 is 0 Å². The summed E-state index contributed by atoms with van der Waals surface area (Å²) in [4.78, 5) is 12.5. The normalized spacial score (nSPS) is 19.0. The average Bonchev–Trinajstić information content (AvgIpc) is 3.19. The zero-order valence-corrected chi connectivity index (χ0v) is 17.3. The fourth-order valence-corrected chi connectivity index (χ4v) is 3.63. The number of fused-ring (bicyclic) bond motifs is 1. The molecule has 6 nitrogen and oxygen atoms in total. The van der Waals surface area contributed by atoms with E-state index >= 15 is 0 Å². The maximum absolute atomic E-state index is 13.5. The van der Waals surface area contributed by atoms with Crippen molar-refractivity contribution in [1.29, 1.82) is 0 Å². The van der Waals surface area contributed by atoms with Crippen molar-refractivity contribution < 1.29 is 23.4 Å². The Kier molecular flexibility index (Phi) is 4.89. The van der Waals surface area contributed by atoms with Crippen molar-refractivity contribution in [3.8, 4) is 11.5 Å². The highest BCUT2D eigenvalue weighted by atomic mass is 19.1. The zero-order chi connectivity index (χ0) is 21.5. The largest absolute Gasteiger partial charge is 0.497 e. The first-order valence-corrected chi connectivity index (χ1v) is 9.54. The lowest BCUT2D eigenvalue weighted by Crippen LogP contribution is -2.30. The van der Waals surface area contributed by atoms with Crippen LogP contribution in [0, 0.1) is 5.82 Å². The van der Waals surface area contributed by atoms with Gasteiger partial charge in [0.2, 0.25) is 0 Å². The van der Waals surface area contributed by atoms with E-state index in [4.69, 9.17) is 14.2 Å². The van der Waals surface area contributed by atoms with E-state index in [0.717, 1.165) is 11.3 Å². The second-order valence-corrected chi connectivity index (χ2v) is 7.58. The van der Waals surface area contributed by atoms with Crippen molar-refractivity contribution in [3.63, 3.8) is 0 Å². The third-order valence-electron chi connectivity index (χ3n) is 5.23. The number of hydrogen-bond acceptors (Lipinski definition) is 5. The van der Waals surface area contributed by atoms with Crippen LogP contribution in [0.5, 0.6) is 11.5 Å². The van der Waals surface area contributed by atoms with E-state index in [1.165, 1.54) is 12.1 Å². The summed E-state index contributed by atoms with van der Waals surface area (Å²) in [6.07, 6.45) is 1.82. The second kappa shape index (κ2) is 7.40. The number of allylic oxidation sites excluding steroid dienone is 1. The molecule has 0 fully saturated rings. The van der Waals surface area contributed by atoms with E-state index in [9.17, 15) is 9.18 Å². The van der Waals surface area contributed by atoms with Gasteiger partial charge in [-0.2, -0.15) is 0 Å². The predicted octanol–water partition coefficient (Wildman–Crippen LogP) is 3.99. The van der Waals surface area contributed by atoms with Crippen molar-refractivity contribution in [1.82, 2.24) is 5.32 Å². The number of carbonyl (C=O) groups excluding carboxylic acids is 1. The van der Waals surface area contributed by atoms with Gasteiger partial charge in [-0.15, -0.1) is 0 Å². The Morgan fingerprint density at radius 2 is 1.93 bits per heavy atom. The maximum atomic E-state index is 13.5. The van der Waals surface area contributed by atoms with E-state index in [1.54, 1.807) is 20.3 Å². The van der Waals surface area contributed by atoms with Gasteiger partial charge in [-0.25, -0.2) is 4.39 Å². The minimum atomic E-state index is -0.662. The predicted molar refractivity (Wildman–Crippen MR) is 112 cm³/mol. The molecule has 2 N–H and O–H groups in total. The zero-order valence-electron chi connectivity index (χ0n) is 17.3. The van der Waals surface area contributed by atoms with Crippen LogP contribution >= 0.6 is 0 Å². The van der Waals surface area contributed by atoms with Crippen LogP contribution in [0.3, 0.4) is 0 Å². The minimum Gasteiger partial charge on any atom is -0.497 e. The smallest absolute Gasteiger partial charge is 0.260 e. The molecular formula is C23H23FN2O4. The lowest BCUT2D eigenvalue weighted by atomic mass is 10.0. The number of hydrogen-bond donors (Lipinski definition) is 2. The lowest BCUT2D eigenvalue weighted by Gasteiger charge is -2.24. The second-order valence-electron chi connectivity index (χ2n) is 7.58. The molecule has 0 atom stereocenters. The highest BCUT2D eigenvalue weighted by Crippen LogP contribution is 2.40. The van der Waals surface area contributed by atoms with E-state index in [2.05, 4.69) is 10.6 Å². The molecule has 0 aliphatic carbocycles. The Hall–Kier alpha value is -3.48. The highest BCUT2D eigenvalue weighted by molar-refractivity contribution is 6.32. The van der Waals surface area contributed by atoms with Gasteiger partial charge in [0.05, 0.1) is 31.2 Å². The topological polar surface area (TPSA) is 68.8 Å². The summed E-state index contributed by atoms with van der Waals surface area (Å²) in [7, 11) is 3.22. The molecule has 156 valence electrons. The van der Waals surface area contributed by atoms with Gasteiger partial charge in [-0.05, 0) is 44.2 Å². The molecule has 7 heteroatoms. The maximum Gasteiger partial charge on any atom is 0.260 e. The molecular weight excluding hydrogens is 387 g/mol. The van der Waals surface area contributed by atoms with Crippen molar-refractivity contribution in [3.05, 3.63) is 70.9 Å². The molecule has 2 aliphatic heterocycles. The number of ether oxygens (including phenoxy) is 3. The van der Waals surface area contributed by atoms with Crippen molar-refractivity contribution >= 4 is 17.2 Å². The summed E-state index contributed by atoms with van der Waals surface area (Å²) in [6, 6.07) is 9.86. The van der Waals surface area contributed by atoms with Crippen LogP contribution in [0.4, 0.5) is 10.1 Å². The number of methoxy groups -OCH3 is 2. The molecule has 0 radical (unpaired) electrons. The van der Waals surface area contributed by atoms with Gasteiger partial charge in [0.25, 0.3) is 5.91 Å². The van der Waals surface area contributed by atoms with E-state index < -0.39 is 11.4 Å². The number of anilines is 1. The van der Waals surface area contributed by atoms with Gasteiger partial charge in [-0.3, -0.25) is 4.79 Å². The standard InChI is InChI=1S/C23H23FN2O4/c1-23(2)20(25-12-13-5-7-15(28-3)10-18(13)29-4)11-19(30-23)21-16-8-6-14(24)9-17(16)26-22(21)27/h5-11,25H,12H2,1-4H3,(H,26,27)/b21-19+. The molecule has 0 saturated heterocycles. The van der Waals surface area contributed by atoms with Crippen LogP contribution in [0.1, 0.15) is 25.0 Å². The van der Waals surface area contributed by atoms with E-state index in [1.807, 2.05) is 38.1 Å². The monoisotopic (exact) mass is 410 g/mol. The summed E-state index contributed by atoms with van der Waals surface area (Å²) >= 11 is 0. The van der Waals surface area contributed by atoms with Crippen LogP contribution < -0.4 is 20.1 Å². The Labute approximate surface area is 174 Å². The highest BCUT2D eigenvalue weighted by Gasteiger charge is 2.37. The average molecular weight is 410 g/mol. The Morgan fingerprint density at radius 3 is 2.67 bits per heavy atom. The van der Waals surface area contributed by atoms with Crippen molar-refractivity contribution in [2.45, 2.75) is 26.0 Å². The van der Waals surface area contributed by atoms with Crippen molar-refractivity contribution in [2.75, 3.05) is 19.5 Å². The molecule has 2 aliphatic rings. The Bertz CT molecular complexity index is 1090. The number of benzene rings is 2. The molecule has 0 unspecified atom stereocenters. The molecule has 0 aromatic heterocycles. The SMILES string of the molecule is COc1ccc(CNC2=C/C(=C3\C(=O)Nc4cc(F)ccc43)OC2(C)C)c(OC)c1. The lowest BCUT2D eigenvalue weighted by molar-refractivity contribution is -0.111. The molecule has 0 bridgehead atoms. The number of amides is 1. The first-order valence-electron chi connectivity index (χ1n) is 9.54. The van der Waals surface area contributed by atoms with Gasteiger partial charge < -0.3 is 24.8 Å². The summed E-state index contributed by atoms with van der Waals surface area (Å²) in [5.74, 6) is 1.17. The van der Waals surface area contributed by atoms with Crippen LogP contribution in [-0.4, -0.2) is 25.7 Å². The summed E-state index contributed by atoms with van der Waals surface area (Å²) in [5.41, 5.74) is 2.59. The van der Waals surface area contributed by atoms with Crippen LogP contribution in [-0.2, 0) is 16.1 Å². The van der Waals surface area contributed by atoms with Crippen LogP contribution in [0.15, 0.2) is 53.9 Å². The number of nitrogens with one attached hydrogen (secondary N) is 2. The van der Waals surface area contributed by atoms with Crippen LogP contribution in [0.2, 0.25) is 0 Å². The quantitative estimate of drug-likeness (QED) is 0.730. The van der Waals surface area contributed by atoms with Crippen molar-refractivity contribution in [2.24, 2.45) is 0 Å². The third-order valence-corrected chi connectivity index (χ3v) is 5.23. The Morgan fingerprint density at radius 1 is 1.13 bits per heavy atom. The summed E-state index contributed by atoms with van der Waals surface area (Å²) in [6.45, 7) is 4.34. The first kappa shape index (κ1) is 19.8. The number of halogens is 1. The van der Waals surface area contributed by atoms with Gasteiger partial charge in [0.15, 0.2) is 0 Å². The summed E-state index contributed by atoms with van der Waals surface area (Å²) < 4.78 is 30.3. The van der Waals surface area contributed by atoms with Gasteiger partial charge in [0.1, 0.15) is 28.7 Å². The molecule has 1 amide bonds. The van der Waals surface area contributed by atoms with Gasteiger partial charge in [0, 0.05) is 29.8 Å². The molecule has 2 aromatic carbocycles. The summed E-state index contributed by atoms with van der Waals surface area (Å²) in [5, 5.41) is 6.09. The number of carbonyl (C=O) groups is 1. The molecule has 4 rings (SSSR count). The Balaban J connectivity index is 1.63. The fourth-order valence-electron chi connectivity index (χ4n) is 3.63.